The van der Waals surface area contributed by atoms with E-state index in [0.717, 1.165) is 23.3 Å². The van der Waals surface area contributed by atoms with Gasteiger partial charge in [0.15, 0.2) is 5.69 Å². The van der Waals surface area contributed by atoms with Crippen LogP contribution in [0.5, 0.6) is 0 Å². The van der Waals surface area contributed by atoms with Crippen LogP contribution >= 0.6 is 0 Å². The monoisotopic (exact) mass is 386 g/mol. The number of nitrogens with one attached hydrogen (secondary N) is 2. The normalized spacial score (nSPS) is 11.1. The lowest BCUT2D eigenvalue weighted by molar-refractivity contribution is -0.137. The van der Waals surface area contributed by atoms with Crippen LogP contribution in [0.3, 0.4) is 0 Å². The Hall–Kier alpha value is -3.42. The molecule has 0 saturated carbocycles. The number of hydrogen-bond donors (Lipinski definition) is 2. The highest BCUT2D eigenvalue weighted by molar-refractivity contribution is 6.02. The minimum atomic E-state index is -4.42. The van der Waals surface area contributed by atoms with Gasteiger partial charge < -0.3 is 10.6 Å². The van der Waals surface area contributed by atoms with Crippen LogP contribution in [-0.2, 0) is 12.7 Å². The fourth-order valence-electron chi connectivity index (χ4n) is 2.48. The Kier molecular flexibility index (Phi) is 5.58. The first kappa shape index (κ1) is 19.3. The highest BCUT2D eigenvalue weighted by Gasteiger charge is 2.30. The Morgan fingerprint density at radius 1 is 0.964 bits per heavy atom. The topological polar surface area (TPSA) is 66.9 Å². The molecule has 2 N–H and O–H groups in total. The quantitative estimate of drug-likeness (QED) is 0.669. The van der Waals surface area contributed by atoms with E-state index in [1.165, 1.54) is 18.2 Å². The highest BCUT2D eigenvalue weighted by Crippen LogP contribution is 2.29. The molecule has 0 bridgehead atoms. The molecule has 3 aromatic rings. The third-order valence-corrected chi connectivity index (χ3v) is 4.09. The van der Waals surface area contributed by atoms with E-state index in [1.54, 1.807) is 6.07 Å². The van der Waals surface area contributed by atoms with Crippen molar-refractivity contribution in [1.82, 2.24) is 10.2 Å². The molecule has 3 rings (SSSR count). The predicted molar refractivity (Wildman–Crippen MR) is 99.9 cm³/mol. The van der Waals surface area contributed by atoms with Gasteiger partial charge in [0.1, 0.15) is 5.82 Å². The molecule has 1 amide bonds. The van der Waals surface area contributed by atoms with Crippen molar-refractivity contribution in [2.75, 3.05) is 10.6 Å². The Morgan fingerprint density at radius 3 is 2.29 bits per heavy atom. The number of carbonyl (C=O) groups excluding carboxylic acids is 1. The Morgan fingerprint density at radius 2 is 1.68 bits per heavy atom. The lowest BCUT2D eigenvalue weighted by Crippen LogP contribution is -2.15. The Labute approximate surface area is 159 Å². The second-order valence-electron chi connectivity index (χ2n) is 6.11. The third kappa shape index (κ3) is 4.85. The second-order valence-corrected chi connectivity index (χ2v) is 6.11. The van der Waals surface area contributed by atoms with Crippen LogP contribution in [0.1, 0.15) is 27.2 Å². The molecular formula is C20H17F3N4O. The Balaban J connectivity index is 1.60. The lowest BCUT2D eigenvalue weighted by Gasteiger charge is -2.09. The molecular weight excluding hydrogens is 369 g/mol. The van der Waals surface area contributed by atoms with Crippen LogP contribution in [0.2, 0.25) is 0 Å². The van der Waals surface area contributed by atoms with Crippen molar-refractivity contribution in [3.8, 4) is 0 Å². The first-order valence-electron chi connectivity index (χ1n) is 8.43. The molecule has 144 valence electrons. The van der Waals surface area contributed by atoms with Crippen LogP contribution in [0, 0.1) is 6.92 Å². The minimum absolute atomic E-state index is 0.0568. The average molecular weight is 386 g/mol. The average Bonchev–Trinajstić information content (AvgIpc) is 2.67. The second kappa shape index (κ2) is 8.08. The van der Waals surface area contributed by atoms with E-state index in [9.17, 15) is 18.0 Å². The van der Waals surface area contributed by atoms with Crippen LogP contribution in [0.15, 0.2) is 60.7 Å². The zero-order chi connectivity index (χ0) is 20.1. The maximum absolute atomic E-state index is 12.6. The van der Waals surface area contributed by atoms with Crippen LogP contribution in [0.25, 0.3) is 0 Å². The molecule has 1 aromatic heterocycles. The fourth-order valence-corrected chi connectivity index (χ4v) is 2.48. The number of benzene rings is 2. The number of rotatable bonds is 5. The van der Waals surface area contributed by atoms with Crippen molar-refractivity contribution in [2.24, 2.45) is 0 Å². The van der Waals surface area contributed by atoms with Gasteiger partial charge in [0.05, 0.1) is 5.56 Å². The van der Waals surface area contributed by atoms with Crippen molar-refractivity contribution in [2.45, 2.75) is 19.6 Å². The summed E-state index contributed by atoms with van der Waals surface area (Å²) in [5, 5.41) is 13.4. The van der Waals surface area contributed by atoms with Gasteiger partial charge in [-0.2, -0.15) is 13.2 Å². The predicted octanol–water partition coefficient (Wildman–Crippen LogP) is 4.67. The first-order valence-corrected chi connectivity index (χ1v) is 8.43. The number of carbonyl (C=O) groups is 1. The summed E-state index contributed by atoms with van der Waals surface area (Å²) in [6, 6.07) is 15.2. The zero-order valence-corrected chi connectivity index (χ0v) is 14.9. The minimum Gasteiger partial charge on any atom is -0.364 e. The van der Waals surface area contributed by atoms with Gasteiger partial charge in [-0.15, -0.1) is 10.2 Å². The molecule has 0 saturated heterocycles. The summed E-state index contributed by atoms with van der Waals surface area (Å²) in [4.78, 5) is 12.2. The summed E-state index contributed by atoms with van der Waals surface area (Å²) in [5.74, 6) is -0.0490. The van der Waals surface area contributed by atoms with Gasteiger partial charge in [0.25, 0.3) is 5.91 Å². The van der Waals surface area contributed by atoms with E-state index in [4.69, 9.17) is 0 Å². The third-order valence-electron chi connectivity index (χ3n) is 4.09. The van der Waals surface area contributed by atoms with Crippen LogP contribution < -0.4 is 10.6 Å². The van der Waals surface area contributed by atoms with E-state index in [-0.39, 0.29) is 11.4 Å². The van der Waals surface area contributed by atoms with E-state index in [2.05, 4.69) is 20.8 Å². The maximum atomic E-state index is 12.6. The number of alkyl halides is 3. The number of nitrogens with zero attached hydrogens (tertiary/aromatic N) is 2. The molecule has 0 unspecified atom stereocenters. The lowest BCUT2D eigenvalue weighted by atomic mass is 10.1. The number of aryl methyl sites for hydroxylation is 1. The van der Waals surface area contributed by atoms with Crippen molar-refractivity contribution < 1.29 is 18.0 Å². The number of hydrogen-bond acceptors (Lipinski definition) is 4. The SMILES string of the molecule is Cc1ccccc1CNc1ccc(C(=O)Nc2ccc(C(F)(F)F)cc2)nn1. The van der Waals surface area contributed by atoms with Gasteiger partial charge in [-0.05, 0) is 54.4 Å². The van der Waals surface area contributed by atoms with Gasteiger partial charge in [-0.1, -0.05) is 24.3 Å². The van der Waals surface area contributed by atoms with Crippen LogP contribution in [0.4, 0.5) is 24.7 Å². The van der Waals surface area contributed by atoms with Crippen molar-refractivity contribution in [1.29, 1.82) is 0 Å². The summed E-state index contributed by atoms with van der Waals surface area (Å²) < 4.78 is 37.7. The standard InChI is InChI=1S/C20H17F3N4O/c1-13-4-2-3-5-14(13)12-24-18-11-10-17(26-27-18)19(28)25-16-8-6-15(7-9-16)20(21,22)23/h2-11H,12H2,1H3,(H,24,27)(H,25,28). The number of halogens is 3. The number of amides is 1. The number of aromatic nitrogens is 2. The summed E-state index contributed by atoms with van der Waals surface area (Å²) in [5.41, 5.74) is 1.78. The van der Waals surface area contributed by atoms with E-state index < -0.39 is 17.6 Å². The summed E-state index contributed by atoms with van der Waals surface area (Å²) >= 11 is 0. The molecule has 0 aliphatic rings. The maximum Gasteiger partial charge on any atom is 0.416 e. The molecule has 0 fully saturated rings. The summed E-state index contributed by atoms with van der Waals surface area (Å²) in [7, 11) is 0. The van der Waals surface area contributed by atoms with Gasteiger partial charge in [-0.3, -0.25) is 4.79 Å². The molecule has 0 aliphatic carbocycles. The molecule has 5 nitrogen and oxygen atoms in total. The zero-order valence-electron chi connectivity index (χ0n) is 14.9. The molecule has 2 aromatic carbocycles. The first-order chi connectivity index (χ1) is 13.3. The van der Waals surface area contributed by atoms with Crippen molar-refractivity contribution in [3.05, 3.63) is 83.0 Å². The fraction of sp³-hybridized carbons (Fsp3) is 0.150. The molecule has 0 radical (unpaired) electrons. The van der Waals surface area contributed by atoms with E-state index in [0.29, 0.717) is 12.4 Å². The molecule has 0 atom stereocenters. The van der Waals surface area contributed by atoms with Gasteiger partial charge in [0.2, 0.25) is 0 Å². The Bertz CT molecular complexity index is 954. The molecule has 8 heteroatoms. The van der Waals surface area contributed by atoms with Crippen molar-refractivity contribution in [3.63, 3.8) is 0 Å². The van der Waals surface area contributed by atoms with Gasteiger partial charge in [-0.25, -0.2) is 0 Å². The smallest absolute Gasteiger partial charge is 0.364 e. The largest absolute Gasteiger partial charge is 0.416 e. The van der Waals surface area contributed by atoms with Gasteiger partial charge in [0, 0.05) is 12.2 Å². The molecule has 1 heterocycles. The van der Waals surface area contributed by atoms with E-state index in [1.807, 2.05) is 31.2 Å². The summed E-state index contributed by atoms with van der Waals surface area (Å²) in [6.45, 7) is 2.58. The highest BCUT2D eigenvalue weighted by atomic mass is 19.4. The van der Waals surface area contributed by atoms with Gasteiger partial charge >= 0.3 is 6.18 Å². The van der Waals surface area contributed by atoms with Crippen LogP contribution in [-0.4, -0.2) is 16.1 Å². The summed E-state index contributed by atoms with van der Waals surface area (Å²) in [6.07, 6.45) is -4.42. The molecule has 28 heavy (non-hydrogen) atoms. The number of anilines is 2. The van der Waals surface area contributed by atoms with E-state index >= 15 is 0 Å². The molecule has 0 aliphatic heterocycles. The van der Waals surface area contributed by atoms with Crippen molar-refractivity contribution >= 4 is 17.4 Å². The molecule has 0 spiro atoms.